The number of nitrogens with two attached hydrogens (primary N) is 1. The molecule has 1 heterocycles. The van der Waals surface area contributed by atoms with Gasteiger partial charge in [0, 0.05) is 29.4 Å². The summed E-state index contributed by atoms with van der Waals surface area (Å²) in [6, 6.07) is 0. The number of hydrogen-bond donors (Lipinski definition) is 2. The first-order valence-corrected chi connectivity index (χ1v) is 8.45. The summed E-state index contributed by atoms with van der Waals surface area (Å²) in [5.74, 6) is -0.0334. The summed E-state index contributed by atoms with van der Waals surface area (Å²) >= 11 is 0. The van der Waals surface area contributed by atoms with Crippen LogP contribution in [-0.4, -0.2) is 28.1 Å². The quantitative estimate of drug-likeness (QED) is 0.495. The van der Waals surface area contributed by atoms with Gasteiger partial charge >= 0.3 is 6.18 Å². The van der Waals surface area contributed by atoms with E-state index in [1.807, 2.05) is 19.9 Å². The summed E-state index contributed by atoms with van der Waals surface area (Å²) < 4.78 is 40.9. The van der Waals surface area contributed by atoms with E-state index in [0.717, 1.165) is 18.0 Å². The molecule has 0 aliphatic carbocycles. The van der Waals surface area contributed by atoms with E-state index in [0.29, 0.717) is 5.70 Å². The second-order valence-electron chi connectivity index (χ2n) is 5.98. The highest BCUT2D eigenvalue weighted by atomic mass is 19.4. The fraction of sp³-hybridized carbons (Fsp3) is 0.250. The minimum absolute atomic E-state index is 0.0334. The topological polar surface area (TPSA) is 56.9 Å². The number of alkyl halides is 3. The minimum Gasteiger partial charge on any atom is -0.404 e. The highest BCUT2D eigenvalue weighted by Crippen LogP contribution is 2.27. The number of nitrogens with zero attached hydrogens (tertiary/aromatic N) is 3. The highest BCUT2D eigenvalue weighted by molar-refractivity contribution is 6.06. The summed E-state index contributed by atoms with van der Waals surface area (Å²) in [6.45, 7) is 16.3. The van der Waals surface area contributed by atoms with Crippen LogP contribution in [0.5, 0.6) is 0 Å². The molecular formula is C20H26F3N5. The van der Waals surface area contributed by atoms with Gasteiger partial charge in [-0.2, -0.15) is 13.2 Å². The Kier molecular flexibility index (Phi) is 7.91. The number of hydrogen-bond acceptors (Lipinski definition) is 5. The van der Waals surface area contributed by atoms with Crippen LogP contribution in [-0.2, 0) is 0 Å². The van der Waals surface area contributed by atoms with Gasteiger partial charge in [-0.1, -0.05) is 31.9 Å². The molecule has 0 bridgehead atoms. The second-order valence-corrected chi connectivity index (χ2v) is 5.98. The van der Waals surface area contributed by atoms with Gasteiger partial charge in [0.2, 0.25) is 0 Å². The van der Waals surface area contributed by atoms with Crippen LogP contribution in [0.15, 0.2) is 90.3 Å². The predicted molar refractivity (Wildman–Crippen MR) is 108 cm³/mol. The zero-order chi connectivity index (χ0) is 21.5. The Bertz CT molecular complexity index is 769. The summed E-state index contributed by atoms with van der Waals surface area (Å²) in [5.41, 5.74) is 5.20. The van der Waals surface area contributed by atoms with Crippen molar-refractivity contribution in [2.75, 3.05) is 0 Å². The Morgan fingerprint density at radius 1 is 1.39 bits per heavy atom. The number of allylic oxidation sites excluding steroid dienone is 8. The van der Waals surface area contributed by atoms with Gasteiger partial charge in [0.15, 0.2) is 11.5 Å². The van der Waals surface area contributed by atoms with Crippen molar-refractivity contribution in [2.45, 2.75) is 33.1 Å². The third-order valence-electron chi connectivity index (χ3n) is 3.66. The van der Waals surface area contributed by atoms with E-state index in [1.54, 1.807) is 24.2 Å². The number of rotatable bonds is 7. The van der Waals surface area contributed by atoms with Gasteiger partial charge in [-0.15, -0.1) is 0 Å². The lowest BCUT2D eigenvalue weighted by Crippen LogP contribution is -2.48. The van der Waals surface area contributed by atoms with Gasteiger partial charge < -0.3 is 11.1 Å². The number of halogens is 3. The Labute approximate surface area is 164 Å². The van der Waals surface area contributed by atoms with Crippen LogP contribution in [0.1, 0.15) is 20.8 Å². The fourth-order valence-corrected chi connectivity index (χ4v) is 2.51. The number of hydrazine groups is 1. The lowest BCUT2D eigenvalue weighted by Gasteiger charge is -2.39. The second kappa shape index (κ2) is 9.68. The van der Waals surface area contributed by atoms with Crippen molar-refractivity contribution in [3.8, 4) is 0 Å². The van der Waals surface area contributed by atoms with E-state index in [2.05, 4.69) is 30.0 Å². The van der Waals surface area contributed by atoms with Gasteiger partial charge in [-0.25, -0.2) is 10.0 Å². The van der Waals surface area contributed by atoms with Crippen molar-refractivity contribution in [3.05, 3.63) is 85.3 Å². The van der Waals surface area contributed by atoms with E-state index in [4.69, 9.17) is 5.73 Å². The van der Waals surface area contributed by atoms with Gasteiger partial charge in [-0.3, -0.25) is 5.01 Å². The molecule has 0 saturated carbocycles. The van der Waals surface area contributed by atoms with E-state index in [1.165, 1.54) is 17.2 Å². The van der Waals surface area contributed by atoms with Crippen molar-refractivity contribution < 1.29 is 13.2 Å². The van der Waals surface area contributed by atoms with Crippen molar-refractivity contribution in [1.29, 1.82) is 0 Å². The van der Waals surface area contributed by atoms with Crippen LogP contribution in [0.25, 0.3) is 0 Å². The fourth-order valence-electron chi connectivity index (χ4n) is 2.51. The first-order valence-electron chi connectivity index (χ1n) is 8.45. The minimum atomic E-state index is -4.74. The molecule has 3 N–H and O–H groups in total. The van der Waals surface area contributed by atoms with Crippen molar-refractivity contribution >= 4 is 5.71 Å². The lowest BCUT2D eigenvalue weighted by molar-refractivity contribution is -0.0585. The summed E-state index contributed by atoms with van der Waals surface area (Å²) in [4.78, 5) is 3.87. The molecule has 0 saturated heterocycles. The summed E-state index contributed by atoms with van der Waals surface area (Å²) in [6.07, 6.45) is 4.86. The smallest absolute Gasteiger partial charge is 0.404 e. The standard InChI is InChI=1S/C20H26F3N5/c1-7-10-18(26-19(20(21,22)23)17(8-2)13-24)28(14(3)4)27-12-9-11-15(5)25-16(27)6/h7-13,16,25H,1-3,24H2,4-6H3/b17-13?,18-10-,26-19?. The SMILES string of the molecule is C=C/C=C(/N=C(C(C=C)=CN)C(F)(F)F)N(C(=C)C)N1C=CC=C(C)NC1C. The first kappa shape index (κ1) is 22.9. The molecule has 0 spiro atoms. The molecule has 1 atom stereocenters. The maximum atomic E-state index is 13.6. The summed E-state index contributed by atoms with van der Waals surface area (Å²) in [7, 11) is 0. The molecule has 152 valence electrons. The third kappa shape index (κ3) is 5.67. The molecule has 1 unspecified atom stereocenters. The normalized spacial score (nSPS) is 18.8. The van der Waals surface area contributed by atoms with Crippen molar-refractivity contribution in [2.24, 2.45) is 10.7 Å². The predicted octanol–water partition coefficient (Wildman–Crippen LogP) is 4.47. The largest absolute Gasteiger partial charge is 0.434 e. The maximum absolute atomic E-state index is 13.6. The van der Waals surface area contributed by atoms with E-state index < -0.39 is 11.9 Å². The first-order chi connectivity index (χ1) is 13.1. The van der Waals surface area contributed by atoms with Crippen LogP contribution in [0.2, 0.25) is 0 Å². The van der Waals surface area contributed by atoms with Gasteiger partial charge in [-0.05, 0) is 39.0 Å². The van der Waals surface area contributed by atoms with E-state index in [-0.39, 0.29) is 17.6 Å². The summed E-state index contributed by atoms with van der Waals surface area (Å²) in [5, 5.41) is 6.37. The molecule has 1 aliphatic rings. The van der Waals surface area contributed by atoms with Crippen LogP contribution >= 0.6 is 0 Å². The average Bonchev–Trinajstić information content (AvgIpc) is 2.74. The van der Waals surface area contributed by atoms with Crippen LogP contribution < -0.4 is 11.1 Å². The molecule has 8 heteroatoms. The van der Waals surface area contributed by atoms with Crippen LogP contribution in [0, 0.1) is 0 Å². The monoisotopic (exact) mass is 393 g/mol. The number of nitrogens with one attached hydrogen (secondary N) is 1. The molecule has 0 aromatic rings. The molecule has 0 fully saturated rings. The lowest BCUT2D eigenvalue weighted by atomic mass is 10.1. The zero-order valence-electron chi connectivity index (χ0n) is 16.3. The molecule has 0 radical (unpaired) electrons. The van der Waals surface area contributed by atoms with Gasteiger partial charge in [0.05, 0.1) is 0 Å². The molecule has 1 rings (SSSR count). The molecule has 0 amide bonds. The third-order valence-corrected chi connectivity index (χ3v) is 3.66. The highest BCUT2D eigenvalue weighted by Gasteiger charge is 2.38. The maximum Gasteiger partial charge on any atom is 0.434 e. The van der Waals surface area contributed by atoms with E-state index >= 15 is 0 Å². The van der Waals surface area contributed by atoms with Crippen molar-refractivity contribution in [3.63, 3.8) is 0 Å². The Morgan fingerprint density at radius 3 is 2.50 bits per heavy atom. The Hall–Kier alpha value is -3.16. The number of aliphatic imine (C=N–C) groups is 1. The van der Waals surface area contributed by atoms with Gasteiger partial charge in [0.1, 0.15) is 6.17 Å². The van der Waals surface area contributed by atoms with Gasteiger partial charge in [0.25, 0.3) is 0 Å². The molecule has 1 aliphatic heterocycles. The molecule has 0 aromatic carbocycles. The zero-order valence-corrected chi connectivity index (χ0v) is 16.3. The molecule has 0 aromatic heterocycles. The van der Waals surface area contributed by atoms with E-state index in [9.17, 15) is 13.2 Å². The molecule has 28 heavy (non-hydrogen) atoms. The average molecular weight is 393 g/mol. The van der Waals surface area contributed by atoms with Crippen molar-refractivity contribution in [1.82, 2.24) is 15.3 Å². The van der Waals surface area contributed by atoms with Crippen LogP contribution in [0.3, 0.4) is 0 Å². The van der Waals surface area contributed by atoms with Crippen LogP contribution in [0.4, 0.5) is 13.2 Å². The Morgan fingerprint density at radius 2 is 2.04 bits per heavy atom. The molecule has 5 nitrogen and oxygen atoms in total. The Balaban J connectivity index is 3.59. The molecular weight excluding hydrogens is 367 g/mol.